The molecule has 1 fully saturated rings. The summed E-state index contributed by atoms with van der Waals surface area (Å²) in [5, 5.41) is 3.50. The van der Waals surface area contributed by atoms with Gasteiger partial charge in [0, 0.05) is 19.8 Å². The second-order valence-corrected chi connectivity index (χ2v) is 5.51. The highest BCUT2D eigenvalue weighted by atomic mass is 16.5. The fourth-order valence-electron chi connectivity index (χ4n) is 2.35. The number of rotatable bonds is 7. The van der Waals surface area contributed by atoms with Gasteiger partial charge in [-0.2, -0.15) is 0 Å². The van der Waals surface area contributed by atoms with E-state index in [2.05, 4.69) is 37.4 Å². The standard InChI is InChI=1S/C16H25NO2/c1-13(2)19-16-5-3-4-15(10-16)11-17-8-6-14-7-9-18-12-14/h3-5,10,13-14,17H,6-9,11-12H2,1-2H3. The summed E-state index contributed by atoms with van der Waals surface area (Å²) in [5.74, 6) is 1.71. The molecule has 0 spiro atoms. The van der Waals surface area contributed by atoms with Crippen molar-refractivity contribution in [2.24, 2.45) is 5.92 Å². The topological polar surface area (TPSA) is 30.5 Å². The average molecular weight is 263 g/mol. The molecule has 1 aliphatic rings. The van der Waals surface area contributed by atoms with Gasteiger partial charge in [0.05, 0.1) is 6.10 Å². The van der Waals surface area contributed by atoms with E-state index in [0.717, 1.165) is 38.0 Å². The molecule has 2 rings (SSSR count). The van der Waals surface area contributed by atoms with Crippen LogP contribution < -0.4 is 10.1 Å². The summed E-state index contributed by atoms with van der Waals surface area (Å²) in [6, 6.07) is 8.32. The second kappa shape index (κ2) is 7.51. The maximum atomic E-state index is 5.70. The molecule has 0 aromatic heterocycles. The maximum absolute atomic E-state index is 5.70. The third-order valence-electron chi connectivity index (χ3n) is 3.35. The number of hydrogen-bond acceptors (Lipinski definition) is 3. The first-order chi connectivity index (χ1) is 9.24. The van der Waals surface area contributed by atoms with E-state index in [1.54, 1.807) is 0 Å². The summed E-state index contributed by atoms with van der Waals surface area (Å²) in [7, 11) is 0. The predicted octanol–water partition coefficient (Wildman–Crippen LogP) is 2.99. The van der Waals surface area contributed by atoms with E-state index < -0.39 is 0 Å². The van der Waals surface area contributed by atoms with Crippen LogP contribution in [0.2, 0.25) is 0 Å². The van der Waals surface area contributed by atoms with Gasteiger partial charge in [-0.25, -0.2) is 0 Å². The van der Waals surface area contributed by atoms with Gasteiger partial charge < -0.3 is 14.8 Å². The van der Waals surface area contributed by atoms with Gasteiger partial charge in [0.25, 0.3) is 0 Å². The van der Waals surface area contributed by atoms with Gasteiger partial charge in [-0.15, -0.1) is 0 Å². The van der Waals surface area contributed by atoms with Crippen LogP contribution in [0.5, 0.6) is 5.75 Å². The number of hydrogen-bond donors (Lipinski definition) is 1. The number of benzene rings is 1. The van der Waals surface area contributed by atoms with Gasteiger partial charge in [0.15, 0.2) is 0 Å². The van der Waals surface area contributed by atoms with Crippen molar-refractivity contribution in [1.82, 2.24) is 5.32 Å². The lowest BCUT2D eigenvalue weighted by molar-refractivity contribution is 0.184. The highest BCUT2D eigenvalue weighted by molar-refractivity contribution is 5.28. The van der Waals surface area contributed by atoms with Crippen LogP contribution in [-0.4, -0.2) is 25.9 Å². The van der Waals surface area contributed by atoms with E-state index in [-0.39, 0.29) is 6.10 Å². The summed E-state index contributed by atoms with van der Waals surface area (Å²) in [6.45, 7) is 7.95. The predicted molar refractivity (Wildman–Crippen MR) is 77.5 cm³/mol. The van der Waals surface area contributed by atoms with E-state index in [1.165, 1.54) is 18.4 Å². The third kappa shape index (κ3) is 5.21. The first-order valence-corrected chi connectivity index (χ1v) is 7.28. The van der Waals surface area contributed by atoms with Crippen molar-refractivity contribution in [3.8, 4) is 5.75 Å². The number of nitrogens with one attached hydrogen (secondary N) is 1. The van der Waals surface area contributed by atoms with Crippen LogP contribution in [0.3, 0.4) is 0 Å². The molecule has 0 radical (unpaired) electrons. The maximum Gasteiger partial charge on any atom is 0.120 e. The van der Waals surface area contributed by atoms with Crippen molar-refractivity contribution in [1.29, 1.82) is 0 Å². The Hall–Kier alpha value is -1.06. The molecule has 1 aromatic rings. The Bertz CT molecular complexity index is 373. The molecule has 1 N–H and O–H groups in total. The van der Waals surface area contributed by atoms with Gasteiger partial charge in [-0.05, 0) is 56.8 Å². The van der Waals surface area contributed by atoms with E-state index in [4.69, 9.17) is 9.47 Å². The summed E-state index contributed by atoms with van der Waals surface area (Å²) < 4.78 is 11.1. The van der Waals surface area contributed by atoms with E-state index in [1.807, 2.05) is 6.07 Å². The molecule has 1 atom stereocenters. The van der Waals surface area contributed by atoms with E-state index in [0.29, 0.717) is 0 Å². The van der Waals surface area contributed by atoms with Crippen LogP contribution in [0.1, 0.15) is 32.3 Å². The molecular weight excluding hydrogens is 238 g/mol. The van der Waals surface area contributed by atoms with Crippen LogP contribution in [-0.2, 0) is 11.3 Å². The molecule has 0 bridgehead atoms. The summed E-state index contributed by atoms with van der Waals surface area (Å²) >= 11 is 0. The lowest BCUT2D eigenvalue weighted by Gasteiger charge is -2.12. The van der Waals surface area contributed by atoms with Crippen molar-refractivity contribution in [2.75, 3.05) is 19.8 Å². The van der Waals surface area contributed by atoms with Crippen molar-refractivity contribution < 1.29 is 9.47 Å². The first kappa shape index (κ1) is 14.4. The lowest BCUT2D eigenvalue weighted by Crippen LogP contribution is -2.18. The molecule has 19 heavy (non-hydrogen) atoms. The van der Waals surface area contributed by atoms with Crippen LogP contribution >= 0.6 is 0 Å². The lowest BCUT2D eigenvalue weighted by atomic mass is 10.1. The summed E-state index contributed by atoms with van der Waals surface area (Å²) in [6.07, 6.45) is 2.66. The van der Waals surface area contributed by atoms with Crippen LogP contribution in [0.4, 0.5) is 0 Å². The zero-order valence-electron chi connectivity index (χ0n) is 12.0. The van der Waals surface area contributed by atoms with E-state index >= 15 is 0 Å². The summed E-state index contributed by atoms with van der Waals surface area (Å²) in [4.78, 5) is 0. The van der Waals surface area contributed by atoms with Crippen molar-refractivity contribution in [2.45, 2.75) is 39.3 Å². The monoisotopic (exact) mass is 263 g/mol. The fraction of sp³-hybridized carbons (Fsp3) is 0.625. The van der Waals surface area contributed by atoms with Gasteiger partial charge in [0.1, 0.15) is 5.75 Å². The van der Waals surface area contributed by atoms with Gasteiger partial charge >= 0.3 is 0 Å². The zero-order chi connectivity index (χ0) is 13.5. The number of ether oxygens (including phenoxy) is 2. The zero-order valence-corrected chi connectivity index (χ0v) is 12.0. The Balaban J connectivity index is 1.69. The van der Waals surface area contributed by atoms with Gasteiger partial charge in [-0.3, -0.25) is 0 Å². The molecule has 1 saturated heterocycles. The van der Waals surface area contributed by atoms with Crippen LogP contribution in [0.15, 0.2) is 24.3 Å². The third-order valence-corrected chi connectivity index (χ3v) is 3.35. The summed E-state index contributed by atoms with van der Waals surface area (Å²) in [5.41, 5.74) is 1.28. The molecule has 1 aliphatic heterocycles. The van der Waals surface area contributed by atoms with Gasteiger partial charge in [0.2, 0.25) is 0 Å². The molecule has 1 heterocycles. The van der Waals surface area contributed by atoms with Crippen molar-refractivity contribution in [3.63, 3.8) is 0 Å². The minimum atomic E-state index is 0.227. The molecule has 0 aliphatic carbocycles. The molecule has 3 nitrogen and oxygen atoms in total. The first-order valence-electron chi connectivity index (χ1n) is 7.28. The van der Waals surface area contributed by atoms with Crippen molar-refractivity contribution >= 4 is 0 Å². The molecule has 1 unspecified atom stereocenters. The minimum Gasteiger partial charge on any atom is -0.491 e. The quantitative estimate of drug-likeness (QED) is 0.767. The van der Waals surface area contributed by atoms with Crippen LogP contribution in [0, 0.1) is 5.92 Å². The average Bonchev–Trinajstić information content (AvgIpc) is 2.87. The fourth-order valence-corrected chi connectivity index (χ4v) is 2.35. The Morgan fingerprint density at radius 3 is 3.05 bits per heavy atom. The molecule has 106 valence electrons. The Morgan fingerprint density at radius 2 is 2.32 bits per heavy atom. The van der Waals surface area contributed by atoms with Gasteiger partial charge in [-0.1, -0.05) is 12.1 Å². The Morgan fingerprint density at radius 1 is 1.42 bits per heavy atom. The largest absolute Gasteiger partial charge is 0.491 e. The molecular formula is C16H25NO2. The highest BCUT2D eigenvalue weighted by Crippen LogP contribution is 2.16. The Labute approximate surface area is 116 Å². The minimum absolute atomic E-state index is 0.227. The smallest absolute Gasteiger partial charge is 0.120 e. The Kier molecular flexibility index (Phi) is 5.67. The molecule has 3 heteroatoms. The highest BCUT2D eigenvalue weighted by Gasteiger charge is 2.14. The van der Waals surface area contributed by atoms with E-state index in [9.17, 15) is 0 Å². The molecule has 1 aromatic carbocycles. The van der Waals surface area contributed by atoms with Crippen molar-refractivity contribution in [3.05, 3.63) is 29.8 Å². The van der Waals surface area contributed by atoms with Crippen LogP contribution in [0.25, 0.3) is 0 Å². The second-order valence-electron chi connectivity index (χ2n) is 5.51. The SMILES string of the molecule is CC(C)Oc1cccc(CNCCC2CCOC2)c1. The normalized spacial score (nSPS) is 19.0. The molecule has 0 saturated carbocycles. The molecule has 0 amide bonds.